The van der Waals surface area contributed by atoms with E-state index in [0.717, 1.165) is 18.7 Å². The van der Waals surface area contributed by atoms with Crippen molar-refractivity contribution in [1.82, 2.24) is 9.88 Å². The van der Waals surface area contributed by atoms with E-state index in [2.05, 4.69) is 11.6 Å². The normalized spacial score (nSPS) is 19.1. The van der Waals surface area contributed by atoms with Gasteiger partial charge in [0.25, 0.3) is 5.91 Å². The van der Waals surface area contributed by atoms with Gasteiger partial charge < -0.3 is 15.4 Å². The molecule has 1 amide bonds. The van der Waals surface area contributed by atoms with Crippen LogP contribution < -0.4 is 10.5 Å². The molecule has 1 aliphatic heterocycles. The highest BCUT2D eigenvalue weighted by Gasteiger charge is 2.26. The second-order valence-electron chi connectivity index (χ2n) is 3.97. The van der Waals surface area contributed by atoms with Crippen LogP contribution in [-0.4, -0.2) is 35.0 Å². The van der Waals surface area contributed by atoms with Crippen LogP contribution >= 0.6 is 0 Å². The van der Waals surface area contributed by atoms with E-state index in [4.69, 9.17) is 10.5 Å². The zero-order valence-electron chi connectivity index (χ0n) is 9.50. The molecule has 1 saturated heterocycles. The number of rotatable bonds is 4. The summed E-state index contributed by atoms with van der Waals surface area (Å²) in [4.78, 5) is 16.8. The molecule has 5 heteroatoms. The molecule has 0 spiro atoms. The van der Waals surface area contributed by atoms with E-state index in [1.165, 1.54) is 0 Å². The lowest BCUT2D eigenvalue weighted by Gasteiger charge is -2.18. The number of carbonyl (C=O) groups is 1. The Labute approximate surface area is 99.9 Å². The number of ether oxygens (including phenoxy) is 1. The number of carbonyl (C=O) groups excluding carboxylic acids is 1. The molecule has 2 heterocycles. The first kappa shape index (κ1) is 11.4. The quantitative estimate of drug-likeness (QED) is 0.770. The van der Waals surface area contributed by atoms with Gasteiger partial charge in [-0.1, -0.05) is 6.58 Å². The molecule has 5 nitrogen and oxygen atoms in total. The maximum atomic E-state index is 11.0. The Morgan fingerprint density at radius 2 is 2.24 bits per heavy atom. The first-order chi connectivity index (χ1) is 8.16. The highest BCUT2D eigenvalue weighted by molar-refractivity contribution is 5.90. The van der Waals surface area contributed by atoms with E-state index in [-0.39, 0.29) is 6.10 Å². The van der Waals surface area contributed by atoms with Crippen LogP contribution in [0.1, 0.15) is 6.42 Å². The van der Waals surface area contributed by atoms with Crippen molar-refractivity contribution in [3.05, 3.63) is 36.8 Å². The molecule has 0 aromatic carbocycles. The van der Waals surface area contributed by atoms with Gasteiger partial charge in [0.2, 0.25) is 0 Å². The first-order valence-electron chi connectivity index (χ1n) is 5.47. The molecular weight excluding hydrogens is 218 g/mol. The molecule has 0 aliphatic carbocycles. The number of nitrogens with zero attached hydrogens (tertiary/aromatic N) is 2. The maximum Gasteiger partial charge on any atom is 0.264 e. The number of primary amides is 1. The van der Waals surface area contributed by atoms with Gasteiger partial charge in [0.05, 0.1) is 12.2 Å². The van der Waals surface area contributed by atoms with Gasteiger partial charge in [0, 0.05) is 25.4 Å². The molecule has 90 valence electrons. The lowest BCUT2D eigenvalue weighted by Crippen LogP contribution is -2.30. The molecular formula is C12H15N3O2. The monoisotopic (exact) mass is 233 g/mol. The number of pyridine rings is 1. The standard InChI is InChI=1S/C12H15N3O2/c1-9(12(13)16)15-7-4-11(8-15)17-10-2-5-14-6-3-10/h2-3,5-6,11H,1,4,7-8H2,(H2,13,16)/t11-/m0/s1. The third-order valence-corrected chi connectivity index (χ3v) is 2.76. The SMILES string of the molecule is C=C(C(N)=O)N1CC[C@H](Oc2ccncc2)C1. The molecule has 1 fully saturated rings. The zero-order valence-corrected chi connectivity index (χ0v) is 9.50. The van der Waals surface area contributed by atoms with Crippen molar-refractivity contribution in [3.8, 4) is 5.75 Å². The summed E-state index contributed by atoms with van der Waals surface area (Å²) < 4.78 is 5.76. The average molecular weight is 233 g/mol. The van der Waals surface area contributed by atoms with E-state index in [1.807, 2.05) is 17.0 Å². The Hall–Kier alpha value is -2.04. The van der Waals surface area contributed by atoms with Gasteiger partial charge in [-0.2, -0.15) is 0 Å². The van der Waals surface area contributed by atoms with Crippen LogP contribution in [0.4, 0.5) is 0 Å². The van der Waals surface area contributed by atoms with Crippen LogP contribution in [0.2, 0.25) is 0 Å². The van der Waals surface area contributed by atoms with Gasteiger partial charge in [0.1, 0.15) is 11.9 Å². The predicted molar refractivity (Wildman–Crippen MR) is 63.2 cm³/mol. The van der Waals surface area contributed by atoms with E-state index in [1.54, 1.807) is 12.4 Å². The van der Waals surface area contributed by atoms with Crippen molar-refractivity contribution in [3.63, 3.8) is 0 Å². The van der Waals surface area contributed by atoms with Crippen LogP contribution in [0.5, 0.6) is 5.75 Å². The minimum Gasteiger partial charge on any atom is -0.488 e. The lowest BCUT2D eigenvalue weighted by molar-refractivity contribution is -0.115. The Morgan fingerprint density at radius 3 is 2.88 bits per heavy atom. The van der Waals surface area contributed by atoms with Crippen LogP contribution in [0.15, 0.2) is 36.8 Å². The zero-order chi connectivity index (χ0) is 12.3. The van der Waals surface area contributed by atoms with Crippen LogP contribution in [0.25, 0.3) is 0 Å². The molecule has 1 atom stereocenters. The van der Waals surface area contributed by atoms with Crippen molar-refractivity contribution in [2.75, 3.05) is 13.1 Å². The molecule has 0 bridgehead atoms. The van der Waals surface area contributed by atoms with E-state index >= 15 is 0 Å². The van der Waals surface area contributed by atoms with Crippen molar-refractivity contribution in [2.24, 2.45) is 5.73 Å². The molecule has 0 saturated carbocycles. The molecule has 2 rings (SSSR count). The highest BCUT2D eigenvalue weighted by Crippen LogP contribution is 2.19. The average Bonchev–Trinajstić information content (AvgIpc) is 2.77. The number of hydrogen-bond donors (Lipinski definition) is 1. The molecule has 1 aromatic heterocycles. The van der Waals surface area contributed by atoms with Gasteiger partial charge in [-0.25, -0.2) is 0 Å². The molecule has 2 N–H and O–H groups in total. The smallest absolute Gasteiger partial charge is 0.264 e. The Bertz CT molecular complexity index is 419. The molecule has 1 aliphatic rings. The number of likely N-dealkylation sites (tertiary alicyclic amines) is 1. The van der Waals surface area contributed by atoms with Crippen molar-refractivity contribution in [1.29, 1.82) is 0 Å². The summed E-state index contributed by atoms with van der Waals surface area (Å²) in [5.41, 5.74) is 5.54. The van der Waals surface area contributed by atoms with E-state index in [0.29, 0.717) is 12.2 Å². The second kappa shape index (κ2) is 4.86. The van der Waals surface area contributed by atoms with E-state index < -0.39 is 5.91 Å². The number of nitrogens with two attached hydrogens (primary N) is 1. The number of hydrogen-bond acceptors (Lipinski definition) is 4. The molecule has 1 aromatic rings. The lowest BCUT2D eigenvalue weighted by atomic mass is 10.3. The van der Waals surface area contributed by atoms with E-state index in [9.17, 15) is 4.79 Å². The fraction of sp³-hybridized carbons (Fsp3) is 0.333. The second-order valence-corrected chi connectivity index (χ2v) is 3.97. The van der Waals surface area contributed by atoms with Crippen LogP contribution in [-0.2, 0) is 4.79 Å². The third kappa shape index (κ3) is 2.75. The summed E-state index contributed by atoms with van der Waals surface area (Å²) in [6.07, 6.45) is 4.29. The molecule has 17 heavy (non-hydrogen) atoms. The Morgan fingerprint density at radius 1 is 1.53 bits per heavy atom. The van der Waals surface area contributed by atoms with Crippen molar-refractivity contribution >= 4 is 5.91 Å². The van der Waals surface area contributed by atoms with Gasteiger partial charge in [-0.15, -0.1) is 0 Å². The fourth-order valence-electron chi connectivity index (χ4n) is 1.83. The minimum atomic E-state index is -0.477. The topological polar surface area (TPSA) is 68.5 Å². The van der Waals surface area contributed by atoms with Gasteiger partial charge in [0.15, 0.2) is 0 Å². The van der Waals surface area contributed by atoms with Crippen molar-refractivity contribution < 1.29 is 9.53 Å². The van der Waals surface area contributed by atoms with Gasteiger partial charge in [-0.3, -0.25) is 9.78 Å². The largest absolute Gasteiger partial charge is 0.488 e. The summed E-state index contributed by atoms with van der Waals surface area (Å²) in [6, 6.07) is 3.62. The summed E-state index contributed by atoms with van der Waals surface area (Å²) in [5.74, 6) is 0.311. The Balaban J connectivity index is 1.90. The maximum absolute atomic E-state index is 11.0. The van der Waals surface area contributed by atoms with Crippen molar-refractivity contribution in [2.45, 2.75) is 12.5 Å². The van der Waals surface area contributed by atoms with Gasteiger partial charge >= 0.3 is 0 Å². The highest BCUT2D eigenvalue weighted by atomic mass is 16.5. The molecule has 0 unspecified atom stereocenters. The third-order valence-electron chi connectivity index (χ3n) is 2.76. The summed E-state index contributed by atoms with van der Waals surface area (Å²) >= 11 is 0. The first-order valence-corrected chi connectivity index (χ1v) is 5.47. The molecule has 0 radical (unpaired) electrons. The minimum absolute atomic E-state index is 0.0634. The number of amides is 1. The number of aromatic nitrogens is 1. The summed E-state index contributed by atoms with van der Waals surface area (Å²) in [7, 11) is 0. The Kier molecular flexibility index (Phi) is 3.27. The summed E-state index contributed by atoms with van der Waals surface area (Å²) in [5, 5.41) is 0. The van der Waals surface area contributed by atoms with Gasteiger partial charge in [-0.05, 0) is 12.1 Å². The van der Waals surface area contributed by atoms with Crippen LogP contribution in [0, 0.1) is 0 Å². The fourth-order valence-corrected chi connectivity index (χ4v) is 1.83. The summed E-state index contributed by atoms with van der Waals surface area (Å²) in [6.45, 7) is 5.05. The van der Waals surface area contributed by atoms with Crippen LogP contribution in [0.3, 0.4) is 0 Å². The predicted octanol–water partition coefficient (Wildman–Crippen LogP) is 0.534.